The van der Waals surface area contributed by atoms with Gasteiger partial charge in [0.2, 0.25) is 0 Å². The Hall–Kier alpha value is -3.30. The van der Waals surface area contributed by atoms with Crippen LogP contribution < -0.4 is 4.90 Å². The number of fused-ring (bicyclic) bond motifs is 1. The highest BCUT2D eigenvalue weighted by Crippen LogP contribution is 2.31. The maximum atomic E-state index is 5.57. The molecule has 164 valence electrons. The lowest BCUT2D eigenvalue weighted by Crippen LogP contribution is -2.42. The van der Waals surface area contributed by atoms with Crippen LogP contribution >= 0.6 is 0 Å². The molecular formula is C23H26N8O. The van der Waals surface area contributed by atoms with Crippen molar-refractivity contribution in [2.24, 2.45) is 7.05 Å². The highest BCUT2D eigenvalue weighted by atomic mass is 16.5. The summed E-state index contributed by atoms with van der Waals surface area (Å²) in [5, 5.41) is 4.76. The number of hydrogen-bond acceptors (Lipinski definition) is 7. The summed E-state index contributed by atoms with van der Waals surface area (Å²) in [6, 6.07) is 12.1. The number of aromatic nitrogens is 6. The second kappa shape index (κ2) is 7.68. The number of aryl methyl sites for hydroxylation is 1. The van der Waals surface area contributed by atoms with Gasteiger partial charge in [0.05, 0.1) is 18.9 Å². The van der Waals surface area contributed by atoms with Crippen molar-refractivity contribution in [3.63, 3.8) is 0 Å². The van der Waals surface area contributed by atoms with Crippen molar-refractivity contribution in [2.45, 2.75) is 5.92 Å². The maximum absolute atomic E-state index is 5.57. The Morgan fingerprint density at radius 1 is 0.938 bits per heavy atom. The molecule has 9 heteroatoms. The minimum atomic E-state index is 0.426. The molecule has 6 rings (SSSR count). The fourth-order valence-corrected chi connectivity index (χ4v) is 4.58. The van der Waals surface area contributed by atoms with E-state index in [0.717, 1.165) is 60.2 Å². The molecule has 0 bridgehead atoms. The zero-order valence-corrected chi connectivity index (χ0v) is 18.3. The average Bonchev–Trinajstić information content (AvgIpc) is 3.43. The van der Waals surface area contributed by atoms with Gasteiger partial charge in [-0.1, -0.05) is 30.3 Å². The van der Waals surface area contributed by atoms with E-state index in [1.165, 1.54) is 0 Å². The number of imidazole rings is 1. The van der Waals surface area contributed by atoms with Crippen molar-refractivity contribution in [2.75, 3.05) is 51.3 Å². The number of nitrogens with zero attached hydrogens (tertiary/aromatic N) is 8. The summed E-state index contributed by atoms with van der Waals surface area (Å²) in [7, 11) is 4.19. The summed E-state index contributed by atoms with van der Waals surface area (Å²) in [5.74, 6) is 2.92. The lowest BCUT2D eigenvalue weighted by molar-refractivity contribution is 0.122. The SMILES string of the molecule is CN1CC(c2nc3c(N4CCOCC4)nc(-n4ccc(-c5ccccc5)n4)nc3n2C)C1. The van der Waals surface area contributed by atoms with Crippen LogP contribution in [0.1, 0.15) is 11.7 Å². The summed E-state index contributed by atoms with van der Waals surface area (Å²) >= 11 is 0. The van der Waals surface area contributed by atoms with Crippen LogP contribution in [0.25, 0.3) is 28.4 Å². The van der Waals surface area contributed by atoms with E-state index in [9.17, 15) is 0 Å². The Labute approximate surface area is 186 Å². The fraction of sp³-hybridized carbons (Fsp3) is 0.391. The van der Waals surface area contributed by atoms with Gasteiger partial charge in [-0.3, -0.25) is 0 Å². The molecule has 2 aliphatic rings. The third-order valence-electron chi connectivity index (χ3n) is 6.33. The molecule has 0 unspecified atom stereocenters. The van der Waals surface area contributed by atoms with Gasteiger partial charge in [0, 0.05) is 50.9 Å². The molecule has 0 saturated carbocycles. The molecule has 2 fully saturated rings. The van der Waals surface area contributed by atoms with E-state index >= 15 is 0 Å². The molecule has 2 aliphatic heterocycles. The predicted octanol–water partition coefficient (Wildman–Crippen LogP) is 2.08. The van der Waals surface area contributed by atoms with Gasteiger partial charge in [0.1, 0.15) is 5.82 Å². The van der Waals surface area contributed by atoms with Gasteiger partial charge < -0.3 is 19.1 Å². The number of benzene rings is 1. The third-order valence-corrected chi connectivity index (χ3v) is 6.33. The van der Waals surface area contributed by atoms with Crippen LogP contribution in [0.2, 0.25) is 0 Å². The molecule has 1 aromatic carbocycles. The molecule has 5 heterocycles. The minimum Gasteiger partial charge on any atom is -0.378 e. The smallest absolute Gasteiger partial charge is 0.254 e. The number of likely N-dealkylation sites (tertiary alicyclic amines) is 1. The molecule has 3 aromatic heterocycles. The zero-order chi connectivity index (χ0) is 21.7. The summed E-state index contributed by atoms with van der Waals surface area (Å²) in [6.45, 7) is 4.99. The van der Waals surface area contributed by atoms with Crippen molar-refractivity contribution in [1.82, 2.24) is 34.2 Å². The van der Waals surface area contributed by atoms with Gasteiger partial charge in [0.25, 0.3) is 5.95 Å². The zero-order valence-electron chi connectivity index (χ0n) is 18.3. The predicted molar refractivity (Wildman–Crippen MR) is 122 cm³/mol. The van der Waals surface area contributed by atoms with Gasteiger partial charge in [-0.25, -0.2) is 9.67 Å². The lowest BCUT2D eigenvalue weighted by Gasteiger charge is -2.35. The topological polar surface area (TPSA) is 77.1 Å². The number of morpholine rings is 1. The molecule has 0 aliphatic carbocycles. The van der Waals surface area contributed by atoms with Crippen LogP contribution in [0, 0.1) is 0 Å². The van der Waals surface area contributed by atoms with Gasteiger partial charge in [-0.2, -0.15) is 15.1 Å². The Balaban J connectivity index is 1.47. The van der Waals surface area contributed by atoms with Gasteiger partial charge >= 0.3 is 0 Å². The van der Waals surface area contributed by atoms with Crippen LogP contribution in [0.15, 0.2) is 42.6 Å². The first-order valence-electron chi connectivity index (χ1n) is 11.0. The van der Waals surface area contributed by atoms with Gasteiger partial charge in [-0.05, 0) is 13.1 Å². The van der Waals surface area contributed by atoms with E-state index in [2.05, 4.69) is 40.6 Å². The molecule has 0 spiro atoms. The van der Waals surface area contributed by atoms with Crippen LogP contribution in [0.5, 0.6) is 0 Å². The molecule has 2 saturated heterocycles. The number of anilines is 1. The number of rotatable bonds is 4. The molecule has 0 amide bonds. The van der Waals surface area contributed by atoms with E-state index < -0.39 is 0 Å². The largest absolute Gasteiger partial charge is 0.378 e. The van der Waals surface area contributed by atoms with Crippen LogP contribution in [-0.4, -0.2) is 80.6 Å². The van der Waals surface area contributed by atoms with Crippen LogP contribution in [0.4, 0.5) is 5.82 Å². The van der Waals surface area contributed by atoms with Crippen LogP contribution in [0.3, 0.4) is 0 Å². The van der Waals surface area contributed by atoms with E-state index in [0.29, 0.717) is 25.1 Å². The van der Waals surface area contributed by atoms with Crippen molar-refractivity contribution < 1.29 is 4.74 Å². The van der Waals surface area contributed by atoms with E-state index in [-0.39, 0.29) is 0 Å². The first kappa shape index (κ1) is 19.4. The van der Waals surface area contributed by atoms with Crippen molar-refractivity contribution in [3.8, 4) is 17.2 Å². The van der Waals surface area contributed by atoms with E-state index in [4.69, 9.17) is 24.8 Å². The van der Waals surface area contributed by atoms with Crippen LogP contribution in [-0.2, 0) is 11.8 Å². The molecule has 4 aromatic rings. The third kappa shape index (κ3) is 3.25. The normalized spacial score (nSPS) is 17.8. The highest BCUT2D eigenvalue weighted by molar-refractivity contribution is 5.85. The van der Waals surface area contributed by atoms with Gasteiger partial charge in [0.15, 0.2) is 17.0 Å². The molecule has 0 atom stereocenters. The molecule has 32 heavy (non-hydrogen) atoms. The van der Waals surface area contributed by atoms with E-state index in [1.54, 1.807) is 4.68 Å². The number of hydrogen-bond donors (Lipinski definition) is 0. The number of ether oxygens (including phenoxy) is 1. The Morgan fingerprint density at radius 3 is 2.47 bits per heavy atom. The lowest BCUT2D eigenvalue weighted by atomic mass is 10.0. The molecule has 9 nitrogen and oxygen atoms in total. The van der Waals surface area contributed by atoms with Crippen molar-refractivity contribution in [3.05, 3.63) is 48.4 Å². The molecule has 0 N–H and O–H groups in total. The first-order chi connectivity index (χ1) is 15.7. The monoisotopic (exact) mass is 430 g/mol. The van der Waals surface area contributed by atoms with E-state index in [1.807, 2.05) is 30.5 Å². The summed E-state index contributed by atoms with van der Waals surface area (Å²) in [6.07, 6.45) is 1.92. The maximum Gasteiger partial charge on any atom is 0.254 e. The Bertz CT molecular complexity index is 1250. The summed E-state index contributed by atoms with van der Waals surface area (Å²) < 4.78 is 9.46. The molecule has 0 radical (unpaired) electrons. The standard InChI is InChI=1S/C23H26N8O/c1-28-14-17(15-28)20-24-19-21(29(20)2)25-23(26-22(19)30-10-12-32-13-11-30)31-9-8-18(27-31)16-6-4-3-5-7-16/h3-9,17H,10-15H2,1-2H3. The highest BCUT2D eigenvalue weighted by Gasteiger charge is 2.31. The minimum absolute atomic E-state index is 0.426. The van der Waals surface area contributed by atoms with Crippen molar-refractivity contribution in [1.29, 1.82) is 0 Å². The molecular weight excluding hydrogens is 404 g/mol. The first-order valence-corrected chi connectivity index (χ1v) is 11.0. The summed E-state index contributed by atoms with van der Waals surface area (Å²) in [4.78, 5) is 19.4. The summed E-state index contributed by atoms with van der Waals surface area (Å²) in [5.41, 5.74) is 3.67. The second-order valence-corrected chi connectivity index (χ2v) is 8.58. The number of likely N-dealkylation sites (N-methyl/N-ethyl adjacent to an activating group) is 1. The Kier molecular flexibility index (Phi) is 4.65. The Morgan fingerprint density at radius 2 is 1.72 bits per heavy atom. The second-order valence-electron chi connectivity index (χ2n) is 8.58. The van der Waals surface area contributed by atoms with Gasteiger partial charge in [-0.15, -0.1) is 0 Å². The average molecular weight is 431 g/mol. The fourth-order valence-electron chi connectivity index (χ4n) is 4.58. The van der Waals surface area contributed by atoms with Crippen molar-refractivity contribution >= 4 is 17.0 Å². The quantitative estimate of drug-likeness (QED) is 0.491.